The molecule has 0 unspecified atom stereocenters. The third kappa shape index (κ3) is 3.57. The number of hydrogen-bond acceptors (Lipinski definition) is 8. The van der Waals surface area contributed by atoms with Crippen molar-refractivity contribution in [3.05, 3.63) is 66.0 Å². The van der Waals surface area contributed by atoms with Gasteiger partial charge in [-0.2, -0.15) is 4.98 Å². The average molecular weight is 391 g/mol. The molecule has 0 fully saturated rings. The van der Waals surface area contributed by atoms with Gasteiger partial charge in [0, 0.05) is 12.1 Å². The number of nitrogens with zero attached hydrogens (tertiary/aromatic N) is 4. The molecule has 144 valence electrons. The number of ether oxygens (including phenoxy) is 2. The van der Waals surface area contributed by atoms with Gasteiger partial charge in [-0.05, 0) is 54.1 Å². The summed E-state index contributed by atoms with van der Waals surface area (Å²) in [5, 5.41) is 15.4. The van der Waals surface area contributed by atoms with Gasteiger partial charge in [-0.1, -0.05) is 11.2 Å². The quantitative estimate of drug-likeness (QED) is 0.551. The van der Waals surface area contributed by atoms with Crippen molar-refractivity contribution in [1.82, 2.24) is 20.3 Å². The maximum Gasteiger partial charge on any atom is 0.278 e. The number of benzene rings is 2. The van der Waals surface area contributed by atoms with Crippen LogP contribution in [0.25, 0.3) is 23.0 Å². The van der Waals surface area contributed by atoms with Crippen molar-refractivity contribution in [3.63, 3.8) is 0 Å². The first-order valence-corrected chi connectivity index (χ1v) is 8.81. The van der Waals surface area contributed by atoms with E-state index >= 15 is 0 Å². The van der Waals surface area contributed by atoms with Crippen molar-refractivity contribution >= 4 is 5.82 Å². The molecule has 0 amide bonds. The number of fused-ring (bicyclic) bond motifs is 1. The standard InChI is InChI=1S/C20H14FN5O3/c21-14-4-2-13(3-5-14)19-23-20(29-26-19)15-6-8-18(25-24-15)22-10-12-1-7-16-17(9-12)28-11-27-16/h1-9H,10-11H2,(H,22,25). The van der Waals surface area contributed by atoms with E-state index < -0.39 is 0 Å². The van der Waals surface area contributed by atoms with Gasteiger partial charge in [0.15, 0.2) is 17.2 Å². The second-order valence-corrected chi connectivity index (χ2v) is 6.28. The average Bonchev–Trinajstić information content (AvgIpc) is 3.42. The second-order valence-electron chi connectivity index (χ2n) is 6.28. The fourth-order valence-corrected chi connectivity index (χ4v) is 2.83. The van der Waals surface area contributed by atoms with Crippen molar-refractivity contribution in [2.75, 3.05) is 12.1 Å². The van der Waals surface area contributed by atoms with E-state index in [4.69, 9.17) is 14.0 Å². The molecule has 8 nitrogen and oxygen atoms in total. The van der Waals surface area contributed by atoms with Crippen molar-refractivity contribution in [2.24, 2.45) is 0 Å². The summed E-state index contributed by atoms with van der Waals surface area (Å²) in [6, 6.07) is 15.1. The summed E-state index contributed by atoms with van der Waals surface area (Å²) < 4.78 is 29.0. The molecule has 0 radical (unpaired) electrons. The van der Waals surface area contributed by atoms with Crippen LogP contribution in [0.3, 0.4) is 0 Å². The van der Waals surface area contributed by atoms with Gasteiger partial charge in [0.25, 0.3) is 5.89 Å². The van der Waals surface area contributed by atoms with Crippen LogP contribution in [0.15, 0.2) is 59.1 Å². The van der Waals surface area contributed by atoms with Gasteiger partial charge in [0.1, 0.15) is 11.6 Å². The lowest BCUT2D eigenvalue weighted by Gasteiger charge is -2.06. The Morgan fingerprint density at radius 2 is 1.79 bits per heavy atom. The van der Waals surface area contributed by atoms with Crippen LogP contribution in [0.2, 0.25) is 0 Å². The predicted molar refractivity (Wildman–Crippen MR) is 101 cm³/mol. The Kier molecular flexibility index (Phi) is 4.24. The molecule has 29 heavy (non-hydrogen) atoms. The van der Waals surface area contributed by atoms with E-state index in [1.807, 2.05) is 18.2 Å². The minimum atomic E-state index is -0.327. The van der Waals surface area contributed by atoms with Gasteiger partial charge >= 0.3 is 0 Å². The third-order valence-electron chi connectivity index (χ3n) is 4.32. The lowest BCUT2D eigenvalue weighted by atomic mass is 10.2. The van der Waals surface area contributed by atoms with Crippen LogP contribution in [-0.2, 0) is 6.54 Å². The van der Waals surface area contributed by atoms with Crippen molar-refractivity contribution in [1.29, 1.82) is 0 Å². The molecule has 3 heterocycles. The Balaban J connectivity index is 1.26. The highest BCUT2D eigenvalue weighted by Crippen LogP contribution is 2.32. The summed E-state index contributed by atoms with van der Waals surface area (Å²) in [6.45, 7) is 0.803. The monoisotopic (exact) mass is 391 g/mol. The van der Waals surface area contributed by atoms with Gasteiger partial charge in [-0.15, -0.1) is 10.2 Å². The van der Waals surface area contributed by atoms with Gasteiger partial charge in [0.2, 0.25) is 12.6 Å². The highest BCUT2D eigenvalue weighted by Gasteiger charge is 2.14. The summed E-state index contributed by atoms with van der Waals surface area (Å²) in [5.41, 5.74) is 2.12. The zero-order chi connectivity index (χ0) is 19.6. The topological polar surface area (TPSA) is 95.2 Å². The van der Waals surface area contributed by atoms with Crippen molar-refractivity contribution in [3.8, 4) is 34.5 Å². The van der Waals surface area contributed by atoms with Crippen LogP contribution in [0, 0.1) is 5.82 Å². The summed E-state index contributed by atoms with van der Waals surface area (Å²) in [4.78, 5) is 4.29. The summed E-state index contributed by atoms with van der Waals surface area (Å²) >= 11 is 0. The highest BCUT2D eigenvalue weighted by atomic mass is 19.1. The molecule has 0 spiro atoms. The first-order chi connectivity index (χ1) is 14.2. The van der Waals surface area contributed by atoms with E-state index in [0.29, 0.717) is 29.4 Å². The molecule has 4 aromatic rings. The van der Waals surface area contributed by atoms with Crippen molar-refractivity contribution in [2.45, 2.75) is 6.54 Å². The molecule has 0 bridgehead atoms. The Morgan fingerprint density at radius 3 is 2.62 bits per heavy atom. The van der Waals surface area contributed by atoms with E-state index in [0.717, 1.165) is 17.1 Å². The Bertz CT molecular complexity index is 1150. The third-order valence-corrected chi connectivity index (χ3v) is 4.32. The number of anilines is 1. The first kappa shape index (κ1) is 17.1. The molecule has 1 N–H and O–H groups in total. The Labute approximate surface area is 164 Å². The smallest absolute Gasteiger partial charge is 0.278 e. The van der Waals surface area contributed by atoms with Crippen LogP contribution in [-0.4, -0.2) is 27.1 Å². The van der Waals surface area contributed by atoms with Crippen LogP contribution < -0.4 is 14.8 Å². The molecule has 1 aliphatic heterocycles. The molecule has 0 atom stereocenters. The van der Waals surface area contributed by atoms with Gasteiger partial charge in [-0.25, -0.2) is 4.39 Å². The lowest BCUT2D eigenvalue weighted by molar-refractivity contribution is 0.174. The molecular weight excluding hydrogens is 377 g/mol. The van der Waals surface area contributed by atoms with E-state index in [-0.39, 0.29) is 18.5 Å². The zero-order valence-corrected chi connectivity index (χ0v) is 15.0. The van der Waals surface area contributed by atoms with Crippen molar-refractivity contribution < 1.29 is 18.4 Å². The number of nitrogens with one attached hydrogen (secondary N) is 1. The minimum absolute atomic E-state index is 0.235. The van der Waals surface area contributed by atoms with Gasteiger partial charge in [-0.3, -0.25) is 0 Å². The molecule has 0 saturated carbocycles. The molecule has 9 heteroatoms. The van der Waals surface area contributed by atoms with Gasteiger partial charge in [0.05, 0.1) is 0 Å². The summed E-state index contributed by atoms with van der Waals surface area (Å²) in [7, 11) is 0. The van der Waals surface area contributed by atoms with E-state index in [1.54, 1.807) is 24.3 Å². The van der Waals surface area contributed by atoms with E-state index in [1.165, 1.54) is 12.1 Å². The SMILES string of the molecule is Fc1ccc(-c2noc(-c3ccc(NCc4ccc5c(c4)OCO5)nn3)n2)cc1. The Morgan fingerprint density at radius 1 is 0.931 bits per heavy atom. The number of rotatable bonds is 5. The maximum atomic E-state index is 13.0. The van der Waals surface area contributed by atoms with E-state index in [9.17, 15) is 4.39 Å². The molecular formula is C20H14FN5O3. The maximum absolute atomic E-state index is 13.0. The number of hydrogen-bond donors (Lipinski definition) is 1. The molecule has 0 aliphatic carbocycles. The lowest BCUT2D eigenvalue weighted by Crippen LogP contribution is -2.02. The van der Waals surface area contributed by atoms with Gasteiger partial charge < -0.3 is 19.3 Å². The fourth-order valence-electron chi connectivity index (χ4n) is 2.83. The van der Waals surface area contributed by atoms with Crippen LogP contribution in [0.5, 0.6) is 11.5 Å². The largest absolute Gasteiger partial charge is 0.454 e. The first-order valence-electron chi connectivity index (χ1n) is 8.81. The molecule has 2 aromatic heterocycles. The van der Waals surface area contributed by atoms with Crippen LogP contribution in [0.4, 0.5) is 10.2 Å². The van der Waals surface area contributed by atoms with Crippen LogP contribution in [0.1, 0.15) is 5.56 Å². The zero-order valence-electron chi connectivity index (χ0n) is 15.0. The second kappa shape index (κ2) is 7.19. The minimum Gasteiger partial charge on any atom is -0.454 e. The number of aromatic nitrogens is 4. The molecule has 5 rings (SSSR count). The normalized spacial score (nSPS) is 12.2. The Hall–Kier alpha value is -4.01. The molecule has 1 aliphatic rings. The molecule has 2 aromatic carbocycles. The predicted octanol–water partition coefficient (Wildman–Crippen LogP) is 3.67. The summed E-state index contributed by atoms with van der Waals surface area (Å²) in [6.07, 6.45) is 0. The van der Waals surface area contributed by atoms with Crippen LogP contribution >= 0.6 is 0 Å². The van der Waals surface area contributed by atoms with E-state index in [2.05, 4.69) is 25.7 Å². The molecule has 0 saturated heterocycles. The fraction of sp³-hybridized carbons (Fsp3) is 0.100. The highest BCUT2D eigenvalue weighted by molar-refractivity contribution is 5.58. The summed E-state index contributed by atoms with van der Waals surface area (Å²) in [5.74, 6) is 2.35. The number of halogens is 1.